The fourth-order valence-electron chi connectivity index (χ4n) is 1.86. The Morgan fingerprint density at radius 3 is 2.67 bits per heavy atom. The van der Waals surface area contributed by atoms with Gasteiger partial charge in [0.05, 0.1) is 6.54 Å². The number of benzene rings is 1. The first-order chi connectivity index (χ1) is 8.69. The highest BCUT2D eigenvalue weighted by molar-refractivity contribution is 5.25. The topological polar surface area (TPSA) is 42.2 Å². The molecule has 0 aliphatic carbocycles. The minimum Gasteiger partial charge on any atom is -0.338 e. The van der Waals surface area contributed by atoms with E-state index < -0.39 is 0 Å². The average Bonchev–Trinajstić information content (AvgIpc) is 2.80. The lowest BCUT2D eigenvalue weighted by Gasteiger charge is -2.15. The number of rotatable bonds is 5. The molecule has 2 aromatic rings. The van der Waals surface area contributed by atoms with Crippen LogP contribution >= 0.6 is 0 Å². The SMILES string of the molecule is CCc1noc(CN(C)Cc2ccccc2C)n1. The Labute approximate surface area is 108 Å². The number of hydrogen-bond acceptors (Lipinski definition) is 4. The standard InChI is InChI=1S/C14H19N3O/c1-4-13-15-14(18-16-13)10-17(3)9-12-8-6-5-7-11(12)2/h5-8H,4,9-10H2,1-3H3. The van der Waals surface area contributed by atoms with Crippen molar-refractivity contribution >= 4 is 0 Å². The highest BCUT2D eigenvalue weighted by atomic mass is 16.5. The van der Waals surface area contributed by atoms with Crippen LogP contribution in [0.5, 0.6) is 0 Å². The second-order valence-corrected chi connectivity index (χ2v) is 4.56. The Balaban J connectivity index is 1.96. The van der Waals surface area contributed by atoms with E-state index in [1.807, 2.05) is 6.92 Å². The van der Waals surface area contributed by atoms with E-state index >= 15 is 0 Å². The summed E-state index contributed by atoms with van der Waals surface area (Å²) in [5.41, 5.74) is 2.64. The number of nitrogens with zero attached hydrogens (tertiary/aromatic N) is 3. The first kappa shape index (κ1) is 12.8. The molecule has 0 saturated carbocycles. The van der Waals surface area contributed by atoms with Crippen molar-refractivity contribution in [3.05, 3.63) is 47.1 Å². The second-order valence-electron chi connectivity index (χ2n) is 4.56. The van der Waals surface area contributed by atoms with Crippen LogP contribution in [-0.2, 0) is 19.5 Å². The molecule has 0 N–H and O–H groups in total. The minimum absolute atomic E-state index is 0.682. The zero-order valence-electron chi connectivity index (χ0n) is 11.2. The third kappa shape index (κ3) is 3.17. The first-order valence-corrected chi connectivity index (χ1v) is 6.23. The van der Waals surface area contributed by atoms with Gasteiger partial charge in [0, 0.05) is 13.0 Å². The maximum Gasteiger partial charge on any atom is 0.240 e. The minimum atomic E-state index is 0.682. The summed E-state index contributed by atoms with van der Waals surface area (Å²) in [5.74, 6) is 1.46. The lowest BCUT2D eigenvalue weighted by atomic mass is 10.1. The molecule has 0 aliphatic heterocycles. The normalized spacial score (nSPS) is 11.1. The smallest absolute Gasteiger partial charge is 0.240 e. The highest BCUT2D eigenvalue weighted by Crippen LogP contribution is 2.11. The van der Waals surface area contributed by atoms with Crippen LogP contribution in [0.2, 0.25) is 0 Å². The summed E-state index contributed by atoms with van der Waals surface area (Å²) in [6, 6.07) is 8.41. The Bertz CT molecular complexity index is 507. The number of aromatic nitrogens is 2. The molecule has 96 valence electrons. The van der Waals surface area contributed by atoms with Crippen molar-refractivity contribution < 1.29 is 4.52 Å². The van der Waals surface area contributed by atoms with E-state index in [0.29, 0.717) is 12.4 Å². The summed E-state index contributed by atoms with van der Waals surface area (Å²) in [5, 5.41) is 3.90. The maximum atomic E-state index is 5.19. The van der Waals surface area contributed by atoms with Gasteiger partial charge in [0.15, 0.2) is 5.82 Å². The van der Waals surface area contributed by atoms with Gasteiger partial charge in [0.1, 0.15) is 0 Å². The summed E-state index contributed by atoms with van der Waals surface area (Å²) in [4.78, 5) is 6.49. The zero-order valence-corrected chi connectivity index (χ0v) is 11.2. The molecule has 0 fully saturated rings. The molecule has 1 heterocycles. The highest BCUT2D eigenvalue weighted by Gasteiger charge is 2.09. The van der Waals surface area contributed by atoms with Crippen molar-refractivity contribution in [1.82, 2.24) is 15.0 Å². The van der Waals surface area contributed by atoms with Gasteiger partial charge in [-0.15, -0.1) is 0 Å². The predicted molar refractivity (Wildman–Crippen MR) is 70.0 cm³/mol. The van der Waals surface area contributed by atoms with Crippen LogP contribution in [0.15, 0.2) is 28.8 Å². The Morgan fingerprint density at radius 1 is 1.22 bits per heavy atom. The van der Waals surface area contributed by atoms with Gasteiger partial charge < -0.3 is 4.52 Å². The summed E-state index contributed by atoms with van der Waals surface area (Å²) < 4.78 is 5.19. The molecule has 0 spiro atoms. The monoisotopic (exact) mass is 245 g/mol. The molecule has 18 heavy (non-hydrogen) atoms. The van der Waals surface area contributed by atoms with Crippen LogP contribution in [0.3, 0.4) is 0 Å². The molecule has 0 amide bonds. The molecule has 0 radical (unpaired) electrons. The van der Waals surface area contributed by atoms with E-state index in [0.717, 1.165) is 18.8 Å². The molecular weight excluding hydrogens is 226 g/mol. The third-order valence-electron chi connectivity index (χ3n) is 2.93. The van der Waals surface area contributed by atoms with Crippen LogP contribution in [0.25, 0.3) is 0 Å². The molecule has 0 saturated heterocycles. The molecular formula is C14H19N3O. The van der Waals surface area contributed by atoms with Crippen LogP contribution in [-0.4, -0.2) is 22.1 Å². The summed E-state index contributed by atoms with van der Waals surface area (Å²) >= 11 is 0. The van der Waals surface area contributed by atoms with E-state index in [-0.39, 0.29) is 0 Å². The molecule has 4 nitrogen and oxygen atoms in total. The van der Waals surface area contributed by atoms with Gasteiger partial charge in [0.2, 0.25) is 5.89 Å². The van der Waals surface area contributed by atoms with Crippen LogP contribution < -0.4 is 0 Å². The van der Waals surface area contributed by atoms with Gasteiger partial charge in [-0.05, 0) is 25.1 Å². The quantitative estimate of drug-likeness (QED) is 0.812. The van der Waals surface area contributed by atoms with Crippen molar-refractivity contribution in [3.63, 3.8) is 0 Å². The van der Waals surface area contributed by atoms with Crippen molar-refractivity contribution in [3.8, 4) is 0 Å². The number of aryl methyl sites for hydroxylation is 2. The zero-order chi connectivity index (χ0) is 13.0. The lowest BCUT2D eigenvalue weighted by molar-refractivity contribution is 0.260. The largest absolute Gasteiger partial charge is 0.338 e. The van der Waals surface area contributed by atoms with Gasteiger partial charge in [-0.1, -0.05) is 36.3 Å². The first-order valence-electron chi connectivity index (χ1n) is 6.23. The Morgan fingerprint density at radius 2 is 2.00 bits per heavy atom. The van der Waals surface area contributed by atoms with Gasteiger partial charge in [-0.2, -0.15) is 4.98 Å². The van der Waals surface area contributed by atoms with Crippen LogP contribution in [0.4, 0.5) is 0 Å². The van der Waals surface area contributed by atoms with E-state index in [2.05, 4.69) is 53.3 Å². The molecule has 0 atom stereocenters. The van der Waals surface area contributed by atoms with Crippen LogP contribution in [0.1, 0.15) is 29.8 Å². The number of hydrogen-bond donors (Lipinski definition) is 0. The summed E-state index contributed by atoms with van der Waals surface area (Å²) in [7, 11) is 2.06. The van der Waals surface area contributed by atoms with Crippen molar-refractivity contribution in [2.45, 2.75) is 33.4 Å². The van der Waals surface area contributed by atoms with Gasteiger partial charge >= 0.3 is 0 Å². The molecule has 4 heteroatoms. The summed E-state index contributed by atoms with van der Waals surface area (Å²) in [6.45, 7) is 5.72. The average molecular weight is 245 g/mol. The van der Waals surface area contributed by atoms with Gasteiger partial charge in [-0.25, -0.2) is 0 Å². The Kier molecular flexibility index (Phi) is 4.10. The molecule has 0 aliphatic rings. The summed E-state index contributed by atoms with van der Waals surface area (Å²) in [6.07, 6.45) is 0.811. The third-order valence-corrected chi connectivity index (χ3v) is 2.93. The Hall–Kier alpha value is -1.68. The van der Waals surface area contributed by atoms with Crippen molar-refractivity contribution in [1.29, 1.82) is 0 Å². The molecule has 0 bridgehead atoms. The lowest BCUT2D eigenvalue weighted by Crippen LogP contribution is -2.18. The van der Waals surface area contributed by atoms with Crippen molar-refractivity contribution in [2.24, 2.45) is 0 Å². The second kappa shape index (κ2) is 5.78. The predicted octanol–water partition coefficient (Wildman–Crippen LogP) is 2.57. The van der Waals surface area contributed by atoms with Crippen molar-refractivity contribution in [2.75, 3.05) is 7.05 Å². The molecule has 2 rings (SSSR count). The maximum absolute atomic E-state index is 5.19. The van der Waals surface area contributed by atoms with E-state index in [1.165, 1.54) is 11.1 Å². The molecule has 0 unspecified atom stereocenters. The van der Waals surface area contributed by atoms with Crippen LogP contribution in [0, 0.1) is 6.92 Å². The van der Waals surface area contributed by atoms with Gasteiger partial charge in [-0.3, -0.25) is 4.90 Å². The fraction of sp³-hybridized carbons (Fsp3) is 0.429. The molecule has 1 aromatic heterocycles. The van der Waals surface area contributed by atoms with E-state index in [4.69, 9.17) is 4.52 Å². The fourth-order valence-corrected chi connectivity index (χ4v) is 1.86. The van der Waals surface area contributed by atoms with E-state index in [1.54, 1.807) is 0 Å². The van der Waals surface area contributed by atoms with E-state index in [9.17, 15) is 0 Å². The molecule has 1 aromatic carbocycles. The van der Waals surface area contributed by atoms with Gasteiger partial charge in [0.25, 0.3) is 0 Å².